The zero-order chi connectivity index (χ0) is 16.6. The Morgan fingerprint density at radius 3 is 2.65 bits per heavy atom. The highest BCUT2D eigenvalue weighted by molar-refractivity contribution is 6.07. The molecule has 1 N–H and O–H groups in total. The Morgan fingerprint density at radius 1 is 1.17 bits per heavy atom. The van der Waals surface area contributed by atoms with Crippen LogP contribution in [0.1, 0.15) is 52.4 Å². The number of carbonyl (C=O) groups excluding carboxylic acids is 2. The summed E-state index contributed by atoms with van der Waals surface area (Å²) in [5.41, 5.74) is -0.0410. The Balaban J connectivity index is 1.75. The molecule has 3 nitrogen and oxygen atoms in total. The van der Waals surface area contributed by atoms with Crippen molar-refractivity contribution in [3.8, 4) is 0 Å². The van der Waals surface area contributed by atoms with Gasteiger partial charge in [-0.15, -0.1) is 0 Å². The summed E-state index contributed by atoms with van der Waals surface area (Å²) in [6.07, 6.45) is 3.76. The van der Waals surface area contributed by atoms with Crippen LogP contribution < -0.4 is 0 Å². The second-order valence-corrected chi connectivity index (χ2v) is 8.69. The van der Waals surface area contributed by atoms with Crippen molar-refractivity contribution in [1.29, 1.82) is 0 Å². The van der Waals surface area contributed by atoms with E-state index in [1.54, 1.807) is 0 Å². The fourth-order valence-corrected chi connectivity index (χ4v) is 6.39. The number of carbonyl (C=O) groups is 2. The van der Waals surface area contributed by atoms with Crippen LogP contribution in [-0.4, -0.2) is 28.9 Å². The number of rotatable bonds is 0. The second-order valence-electron chi connectivity index (χ2n) is 8.69. The van der Waals surface area contributed by atoms with Gasteiger partial charge in [-0.05, 0) is 61.3 Å². The average Bonchev–Trinajstić information content (AvgIpc) is 2.78. The molecule has 4 aliphatic carbocycles. The molecule has 23 heavy (non-hydrogen) atoms. The molecule has 0 saturated heterocycles. The van der Waals surface area contributed by atoms with Gasteiger partial charge < -0.3 is 5.11 Å². The van der Waals surface area contributed by atoms with Crippen molar-refractivity contribution >= 4 is 11.6 Å². The molecule has 0 bridgehead atoms. The molecule has 7 atom stereocenters. The fourth-order valence-electron chi connectivity index (χ4n) is 6.39. The molecule has 4 aliphatic rings. The molecule has 4 heteroatoms. The molecule has 3 saturated carbocycles. The number of aliphatic hydroxyl groups excluding tert-OH is 1. The van der Waals surface area contributed by atoms with Gasteiger partial charge >= 0.3 is 0 Å². The highest BCUT2D eigenvalue weighted by atomic mass is 19.1. The number of allylic oxidation sites excluding steroid dienone is 1. The van der Waals surface area contributed by atoms with Crippen LogP contribution in [0.5, 0.6) is 0 Å². The molecule has 0 unspecified atom stereocenters. The van der Waals surface area contributed by atoms with Gasteiger partial charge in [0.25, 0.3) is 0 Å². The molecule has 0 spiro atoms. The lowest BCUT2D eigenvalue weighted by Gasteiger charge is -2.57. The molecular weight excluding hydrogens is 295 g/mol. The standard InChI is InChI=1S/C19H25FO3/c1-18-6-5-12-10(11(18)3-4-17(18)23)7-15(21)13-8-16(22)14(20)9-19(12,13)2/h8,10-12,14,17,23H,3-7,9H2,1-2H3/t10-,11-,12-,14+,17-,18-,19+/m0/s1. The van der Waals surface area contributed by atoms with E-state index in [2.05, 4.69) is 6.92 Å². The normalized spacial score (nSPS) is 52.5. The fraction of sp³-hybridized carbons (Fsp3) is 0.789. The van der Waals surface area contributed by atoms with E-state index in [0.29, 0.717) is 17.9 Å². The topological polar surface area (TPSA) is 54.4 Å². The van der Waals surface area contributed by atoms with Crippen LogP contribution in [-0.2, 0) is 9.59 Å². The third-order valence-corrected chi connectivity index (χ3v) is 7.74. The van der Waals surface area contributed by atoms with Crippen molar-refractivity contribution in [2.75, 3.05) is 0 Å². The largest absolute Gasteiger partial charge is 0.393 e. The molecular formula is C19H25FO3. The number of aliphatic hydroxyl groups is 1. The Kier molecular flexibility index (Phi) is 3.20. The lowest BCUT2D eigenvalue weighted by molar-refractivity contribution is -0.135. The molecule has 0 aliphatic heterocycles. The average molecular weight is 320 g/mol. The zero-order valence-electron chi connectivity index (χ0n) is 13.8. The molecule has 0 amide bonds. The first kappa shape index (κ1) is 15.5. The summed E-state index contributed by atoms with van der Waals surface area (Å²) in [7, 11) is 0. The number of ketones is 2. The van der Waals surface area contributed by atoms with Crippen molar-refractivity contribution < 1.29 is 19.1 Å². The van der Waals surface area contributed by atoms with Gasteiger partial charge in [0.15, 0.2) is 17.7 Å². The number of alkyl halides is 1. The molecule has 0 radical (unpaired) electrons. The van der Waals surface area contributed by atoms with Gasteiger partial charge in [-0.25, -0.2) is 4.39 Å². The molecule has 0 aromatic carbocycles. The minimum Gasteiger partial charge on any atom is -0.393 e. The summed E-state index contributed by atoms with van der Waals surface area (Å²) in [5, 5.41) is 10.4. The van der Waals surface area contributed by atoms with Gasteiger partial charge in [0.2, 0.25) is 0 Å². The maximum Gasteiger partial charge on any atom is 0.190 e. The van der Waals surface area contributed by atoms with Crippen LogP contribution in [0.4, 0.5) is 4.39 Å². The third kappa shape index (κ3) is 1.90. The van der Waals surface area contributed by atoms with E-state index in [4.69, 9.17) is 0 Å². The van der Waals surface area contributed by atoms with Crippen LogP contribution >= 0.6 is 0 Å². The van der Waals surface area contributed by atoms with E-state index < -0.39 is 17.4 Å². The molecule has 3 fully saturated rings. The van der Waals surface area contributed by atoms with Gasteiger partial charge in [0, 0.05) is 17.4 Å². The van der Waals surface area contributed by atoms with Gasteiger partial charge in [0.1, 0.15) is 0 Å². The molecule has 0 heterocycles. The minimum atomic E-state index is -1.47. The van der Waals surface area contributed by atoms with Gasteiger partial charge in [-0.2, -0.15) is 0 Å². The van der Waals surface area contributed by atoms with Crippen LogP contribution in [0.15, 0.2) is 11.6 Å². The van der Waals surface area contributed by atoms with Crippen molar-refractivity contribution in [3.05, 3.63) is 11.6 Å². The van der Waals surface area contributed by atoms with E-state index >= 15 is 0 Å². The van der Waals surface area contributed by atoms with Gasteiger partial charge in [-0.1, -0.05) is 13.8 Å². The molecule has 126 valence electrons. The van der Waals surface area contributed by atoms with Crippen molar-refractivity contribution in [2.45, 2.75) is 64.6 Å². The van der Waals surface area contributed by atoms with Crippen LogP contribution in [0.3, 0.4) is 0 Å². The Labute approximate surface area is 136 Å². The number of hydrogen-bond donors (Lipinski definition) is 1. The van der Waals surface area contributed by atoms with Crippen LogP contribution in [0.25, 0.3) is 0 Å². The van der Waals surface area contributed by atoms with E-state index in [0.717, 1.165) is 25.7 Å². The maximum atomic E-state index is 14.1. The first-order valence-electron chi connectivity index (χ1n) is 8.89. The van der Waals surface area contributed by atoms with E-state index in [9.17, 15) is 19.1 Å². The monoisotopic (exact) mass is 320 g/mol. The molecule has 0 aromatic rings. The van der Waals surface area contributed by atoms with Crippen molar-refractivity contribution in [3.63, 3.8) is 0 Å². The Hall–Kier alpha value is -1.03. The molecule has 4 rings (SSSR count). The Morgan fingerprint density at radius 2 is 1.91 bits per heavy atom. The van der Waals surface area contributed by atoms with Crippen LogP contribution in [0, 0.1) is 28.6 Å². The summed E-state index contributed by atoms with van der Waals surface area (Å²) in [6.45, 7) is 4.15. The quantitative estimate of drug-likeness (QED) is 0.746. The highest BCUT2D eigenvalue weighted by Gasteiger charge is 2.61. The first-order chi connectivity index (χ1) is 10.8. The number of Topliss-reactive ketones (excluding diaryl/α,β-unsaturated/α-hetero) is 1. The third-order valence-electron chi connectivity index (χ3n) is 7.74. The first-order valence-corrected chi connectivity index (χ1v) is 8.89. The number of halogens is 1. The minimum absolute atomic E-state index is 0.0274. The van der Waals surface area contributed by atoms with Crippen LogP contribution in [0.2, 0.25) is 0 Å². The van der Waals surface area contributed by atoms with Gasteiger partial charge in [-0.3, -0.25) is 9.59 Å². The van der Waals surface area contributed by atoms with Crippen molar-refractivity contribution in [2.24, 2.45) is 28.6 Å². The smallest absolute Gasteiger partial charge is 0.190 e. The SMILES string of the molecule is C[C@]12CC[C@H]3[C@@H](CC(=O)C4=CC(=O)[C@H](F)C[C@@]43C)[C@@H]1CC[C@@H]2O. The second kappa shape index (κ2) is 4.75. The van der Waals surface area contributed by atoms with Gasteiger partial charge in [0.05, 0.1) is 6.10 Å². The van der Waals surface area contributed by atoms with E-state index in [1.165, 1.54) is 6.08 Å². The van der Waals surface area contributed by atoms with E-state index in [-0.39, 0.29) is 35.6 Å². The number of hydrogen-bond acceptors (Lipinski definition) is 3. The summed E-state index contributed by atoms with van der Waals surface area (Å²) in [5.74, 6) is 0.303. The van der Waals surface area contributed by atoms with Crippen molar-refractivity contribution in [1.82, 2.24) is 0 Å². The summed E-state index contributed by atoms with van der Waals surface area (Å²) >= 11 is 0. The lowest BCUT2D eigenvalue weighted by atomic mass is 9.47. The predicted octanol–water partition coefficient (Wildman–Crippen LogP) is 3.01. The number of fused-ring (bicyclic) bond motifs is 5. The maximum absolute atomic E-state index is 14.1. The highest BCUT2D eigenvalue weighted by Crippen LogP contribution is 2.64. The summed E-state index contributed by atoms with van der Waals surface area (Å²) in [4.78, 5) is 24.4. The van der Waals surface area contributed by atoms with E-state index in [1.807, 2.05) is 6.92 Å². The zero-order valence-corrected chi connectivity index (χ0v) is 13.8. The summed E-state index contributed by atoms with van der Waals surface area (Å²) in [6, 6.07) is 0. The lowest BCUT2D eigenvalue weighted by Crippen LogP contribution is -2.54. The Bertz CT molecular complexity index is 612. The predicted molar refractivity (Wildman–Crippen MR) is 83.4 cm³/mol. The summed E-state index contributed by atoms with van der Waals surface area (Å²) < 4.78 is 14.1. The molecule has 0 aromatic heterocycles.